The number of benzene rings is 1. The van der Waals surface area contributed by atoms with Crippen molar-refractivity contribution in [2.24, 2.45) is 0 Å². The molecule has 2 N–H and O–H groups in total. The van der Waals surface area contributed by atoms with Gasteiger partial charge in [-0.2, -0.15) is 0 Å². The third kappa shape index (κ3) is 2.32. The summed E-state index contributed by atoms with van der Waals surface area (Å²) in [6, 6.07) is 11.7. The summed E-state index contributed by atoms with van der Waals surface area (Å²) >= 11 is 3.49. The van der Waals surface area contributed by atoms with Crippen LogP contribution in [0.5, 0.6) is 0 Å². The monoisotopic (exact) mass is 329 g/mol. The summed E-state index contributed by atoms with van der Waals surface area (Å²) in [6.45, 7) is 2.02. The molecule has 0 atom stereocenters. The molecule has 0 bridgehead atoms. The topological polar surface area (TPSA) is 64.9 Å². The lowest BCUT2D eigenvalue weighted by atomic mass is 10.0. The lowest BCUT2D eigenvalue weighted by Crippen LogP contribution is -1.91. The average molecular weight is 330 g/mol. The van der Waals surface area contributed by atoms with Gasteiger partial charge in [0, 0.05) is 16.2 Å². The van der Waals surface area contributed by atoms with Crippen molar-refractivity contribution in [1.29, 1.82) is 0 Å². The third-order valence-electron chi connectivity index (χ3n) is 2.94. The van der Waals surface area contributed by atoms with Crippen LogP contribution in [-0.2, 0) is 0 Å². The zero-order chi connectivity index (χ0) is 14.1. The van der Waals surface area contributed by atoms with E-state index in [0.717, 1.165) is 26.9 Å². The van der Waals surface area contributed by atoms with Gasteiger partial charge in [-0.25, -0.2) is 0 Å². The van der Waals surface area contributed by atoms with Crippen LogP contribution in [0.3, 0.4) is 0 Å². The number of anilines is 1. The number of halogens is 1. The normalized spacial score (nSPS) is 10.7. The highest BCUT2D eigenvalue weighted by molar-refractivity contribution is 9.10. The Hall–Kier alpha value is -2.14. The summed E-state index contributed by atoms with van der Waals surface area (Å²) in [4.78, 5) is 4.32. The number of rotatable bonds is 2. The van der Waals surface area contributed by atoms with Gasteiger partial charge in [-0.3, -0.25) is 4.98 Å². The van der Waals surface area contributed by atoms with Gasteiger partial charge < -0.3 is 10.3 Å². The van der Waals surface area contributed by atoms with Crippen LogP contribution in [0.25, 0.3) is 22.6 Å². The first-order valence-corrected chi connectivity index (χ1v) is 6.88. The number of hydrogen-bond donors (Lipinski definition) is 1. The molecule has 2 aromatic heterocycles. The van der Waals surface area contributed by atoms with Gasteiger partial charge >= 0.3 is 0 Å². The van der Waals surface area contributed by atoms with Gasteiger partial charge in [0.2, 0.25) is 0 Å². The van der Waals surface area contributed by atoms with Crippen LogP contribution in [-0.4, -0.2) is 10.1 Å². The summed E-state index contributed by atoms with van der Waals surface area (Å²) in [7, 11) is 0. The quantitative estimate of drug-likeness (QED) is 0.770. The summed E-state index contributed by atoms with van der Waals surface area (Å²) in [6.07, 6.45) is 1.72. The second-order valence-electron chi connectivity index (χ2n) is 4.50. The van der Waals surface area contributed by atoms with Crippen molar-refractivity contribution in [2.45, 2.75) is 6.92 Å². The van der Waals surface area contributed by atoms with Crippen LogP contribution in [0.15, 0.2) is 51.6 Å². The second kappa shape index (κ2) is 5.09. The van der Waals surface area contributed by atoms with E-state index < -0.39 is 0 Å². The van der Waals surface area contributed by atoms with E-state index in [1.165, 1.54) is 0 Å². The van der Waals surface area contributed by atoms with Crippen molar-refractivity contribution in [3.63, 3.8) is 0 Å². The van der Waals surface area contributed by atoms with Crippen molar-refractivity contribution < 1.29 is 4.52 Å². The Morgan fingerprint density at radius 1 is 1.20 bits per heavy atom. The van der Waals surface area contributed by atoms with Crippen LogP contribution >= 0.6 is 15.9 Å². The molecule has 0 aliphatic carbocycles. The smallest absolute Gasteiger partial charge is 0.178 e. The minimum atomic E-state index is 0.344. The maximum absolute atomic E-state index is 5.93. The van der Waals surface area contributed by atoms with E-state index in [9.17, 15) is 0 Å². The van der Waals surface area contributed by atoms with Crippen LogP contribution in [0.2, 0.25) is 0 Å². The van der Waals surface area contributed by atoms with E-state index in [1.54, 1.807) is 6.20 Å². The average Bonchev–Trinajstić information content (AvgIpc) is 2.80. The summed E-state index contributed by atoms with van der Waals surface area (Å²) in [5, 5.41) is 3.88. The van der Waals surface area contributed by atoms with E-state index >= 15 is 0 Å². The van der Waals surface area contributed by atoms with Crippen LogP contribution < -0.4 is 5.73 Å². The Labute approximate surface area is 124 Å². The molecule has 0 radical (unpaired) electrons. The minimum Gasteiger partial charge on any atom is -0.380 e. The van der Waals surface area contributed by atoms with Gasteiger partial charge in [-0.05, 0) is 42.8 Å². The Morgan fingerprint density at radius 2 is 2.05 bits per heavy atom. The number of pyridine rings is 1. The lowest BCUT2D eigenvalue weighted by Gasteiger charge is -2.04. The van der Waals surface area contributed by atoms with E-state index in [-0.39, 0.29) is 0 Å². The molecule has 20 heavy (non-hydrogen) atoms. The molecule has 0 aliphatic rings. The molecule has 100 valence electrons. The van der Waals surface area contributed by atoms with Crippen molar-refractivity contribution in [3.05, 3.63) is 52.6 Å². The van der Waals surface area contributed by atoms with Crippen LogP contribution in [0.1, 0.15) is 5.56 Å². The van der Waals surface area contributed by atoms with E-state index in [0.29, 0.717) is 11.6 Å². The number of aromatic nitrogens is 2. The Balaban J connectivity index is 2.21. The SMILES string of the molecule is Cc1cc(Br)cc(-c2onc(N)c2-c2ccccn2)c1. The van der Waals surface area contributed by atoms with E-state index in [2.05, 4.69) is 26.1 Å². The number of nitrogen functional groups attached to an aromatic ring is 1. The van der Waals surface area contributed by atoms with Crippen molar-refractivity contribution in [2.75, 3.05) is 5.73 Å². The van der Waals surface area contributed by atoms with E-state index in [1.807, 2.05) is 43.3 Å². The van der Waals surface area contributed by atoms with Gasteiger partial charge in [0.1, 0.15) is 0 Å². The highest BCUT2D eigenvalue weighted by Gasteiger charge is 2.18. The number of nitrogens with zero attached hydrogens (tertiary/aromatic N) is 2. The fourth-order valence-electron chi connectivity index (χ4n) is 2.13. The molecule has 0 saturated heterocycles. The molecule has 1 aromatic carbocycles. The number of aryl methyl sites for hydroxylation is 1. The predicted octanol–water partition coefficient (Wildman–Crippen LogP) is 4.06. The van der Waals surface area contributed by atoms with Crippen molar-refractivity contribution in [1.82, 2.24) is 10.1 Å². The fraction of sp³-hybridized carbons (Fsp3) is 0.0667. The first-order chi connectivity index (χ1) is 9.65. The molecule has 0 unspecified atom stereocenters. The van der Waals surface area contributed by atoms with Gasteiger partial charge in [0.15, 0.2) is 11.6 Å². The third-order valence-corrected chi connectivity index (χ3v) is 3.40. The Bertz CT molecular complexity index is 733. The number of nitrogens with two attached hydrogens (primary N) is 1. The highest BCUT2D eigenvalue weighted by Crippen LogP contribution is 2.36. The molecular weight excluding hydrogens is 318 g/mol. The molecule has 0 aliphatic heterocycles. The van der Waals surface area contributed by atoms with Gasteiger partial charge in [0.05, 0.1) is 11.3 Å². The van der Waals surface area contributed by atoms with Gasteiger partial charge in [0.25, 0.3) is 0 Å². The fourth-order valence-corrected chi connectivity index (χ4v) is 2.73. The zero-order valence-electron chi connectivity index (χ0n) is 10.8. The lowest BCUT2D eigenvalue weighted by molar-refractivity contribution is 0.436. The Morgan fingerprint density at radius 3 is 2.75 bits per heavy atom. The maximum Gasteiger partial charge on any atom is 0.178 e. The molecule has 3 aromatic rings. The second-order valence-corrected chi connectivity index (χ2v) is 5.42. The molecule has 0 amide bonds. The van der Waals surface area contributed by atoms with Crippen LogP contribution in [0, 0.1) is 6.92 Å². The summed E-state index contributed by atoms with van der Waals surface area (Å²) in [5.74, 6) is 0.974. The zero-order valence-corrected chi connectivity index (χ0v) is 12.4. The standard InChI is InChI=1S/C15H12BrN3O/c1-9-6-10(8-11(16)7-9)14-13(15(17)19-20-14)12-4-2-3-5-18-12/h2-8H,1H3,(H2,17,19). The predicted molar refractivity (Wildman–Crippen MR) is 82.0 cm³/mol. The van der Waals surface area contributed by atoms with Crippen LogP contribution in [0.4, 0.5) is 5.82 Å². The highest BCUT2D eigenvalue weighted by atomic mass is 79.9. The first-order valence-electron chi connectivity index (χ1n) is 6.09. The largest absolute Gasteiger partial charge is 0.380 e. The van der Waals surface area contributed by atoms with E-state index in [4.69, 9.17) is 10.3 Å². The summed E-state index contributed by atoms with van der Waals surface area (Å²) < 4.78 is 6.39. The Kier molecular flexibility index (Phi) is 3.28. The number of hydrogen-bond acceptors (Lipinski definition) is 4. The molecular formula is C15H12BrN3O. The van der Waals surface area contributed by atoms with Crippen molar-refractivity contribution >= 4 is 21.7 Å². The van der Waals surface area contributed by atoms with Gasteiger partial charge in [-0.15, -0.1) is 0 Å². The maximum atomic E-state index is 5.93. The molecule has 4 nitrogen and oxygen atoms in total. The molecule has 3 rings (SSSR count). The molecule has 0 fully saturated rings. The first kappa shape index (κ1) is 12.9. The molecule has 0 saturated carbocycles. The molecule has 2 heterocycles. The molecule has 5 heteroatoms. The summed E-state index contributed by atoms with van der Waals surface area (Å²) in [5.41, 5.74) is 9.44. The van der Waals surface area contributed by atoms with Gasteiger partial charge in [-0.1, -0.05) is 27.2 Å². The minimum absolute atomic E-state index is 0.344. The van der Waals surface area contributed by atoms with Crippen molar-refractivity contribution in [3.8, 4) is 22.6 Å². The molecule has 0 spiro atoms.